The van der Waals surface area contributed by atoms with Gasteiger partial charge < -0.3 is 15.0 Å². The zero-order valence-electron chi connectivity index (χ0n) is 15.8. The molecule has 0 atom stereocenters. The molecule has 3 rings (SSSR count). The summed E-state index contributed by atoms with van der Waals surface area (Å²) in [5.74, 6) is -0.401. The second kappa shape index (κ2) is 7.96. The summed E-state index contributed by atoms with van der Waals surface area (Å²) >= 11 is 0. The Bertz CT molecular complexity index is 1100. The van der Waals surface area contributed by atoms with Crippen molar-refractivity contribution in [3.05, 3.63) is 70.0 Å². The van der Waals surface area contributed by atoms with Crippen LogP contribution in [0.1, 0.15) is 35.7 Å². The lowest BCUT2D eigenvalue weighted by Gasteiger charge is -2.16. The molecule has 0 aliphatic rings. The lowest BCUT2D eigenvalue weighted by molar-refractivity contribution is 0.102. The molecule has 3 N–H and O–H groups in total. The van der Waals surface area contributed by atoms with Crippen LogP contribution >= 0.6 is 0 Å². The number of para-hydroxylation sites is 1. The van der Waals surface area contributed by atoms with Gasteiger partial charge in [0.05, 0.1) is 7.11 Å². The second-order valence-corrected chi connectivity index (χ2v) is 6.60. The first kappa shape index (κ1) is 19.2. The van der Waals surface area contributed by atoms with E-state index in [4.69, 9.17) is 0 Å². The largest absolute Gasteiger partial charge is 0.453 e. The molecule has 0 radical (unpaired) electrons. The second-order valence-electron chi connectivity index (χ2n) is 6.60. The van der Waals surface area contributed by atoms with Gasteiger partial charge in [-0.15, -0.1) is 0 Å². The highest BCUT2D eigenvalue weighted by molar-refractivity contribution is 6.06. The summed E-state index contributed by atoms with van der Waals surface area (Å²) in [6.07, 6.45) is 0.798. The summed E-state index contributed by atoms with van der Waals surface area (Å²) in [4.78, 5) is 39.9. The highest BCUT2D eigenvalue weighted by Crippen LogP contribution is 2.28. The molecule has 28 heavy (non-hydrogen) atoms. The summed E-state index contributed by atoms with van der Waals surface area (Å²) in [6.45, 7) is 3.97. The molecule has 1 heterocycles. The Kier molecular flexibility index (Phi) is 5.44. The quantitative estimate of drug-likeness (QED) is 0.636. The Morgan fingerprint density at radius 2 is 1.82 bits per heavy atom. The Labute approximate surface area is 161 Å². The van der Waals surface area contributed by atoms with Crippen molar-refractivity contribution in [2.45, 2.75) is 19.8 Å². The zero-order valence-corrected chi connectivity index (χ0v) is 15.8. The molecule has 144 valence electrons. The molecule has 7 heteroatoms. The molecular formula is C21H21N3O4. The minimum Gasteiger partial charge on any atom is -0.453 e. The van der Waals surface area contributed by atoms with E-state index in [0.717, 1.165) is 5.56 Å². The number of amides is 2. The van der Waals surface area contributed by atoms with Crippen LogP contribution in [-0.2, 0) is 4.74 Å². The minimum absolute atomic E-state index is 0.0136. The van der Waals surface area contributed by atoms with Gasteiger partial charge in [0.2, 0.25) is 5.43 Å². The number of pyridine rings is 1. The zero-order chi connectivity index (χ0) is 20.3. The number of methoxy groups -OCH3 is 1. The van der Waals surface area contributed by atoms with Gasteiger partial charge in [-0.25, -0.2) is 4.79 Å². The number of hydrogen-bond donors (Lipinski definition) is 3. The lowest BCUT2D eigenvalue weighted by atomic mass is 10.00. The molecule has 0 saturated heterocycles. The van der Waals surface area contributed by atoms with Crippen molar-refractivity contribution in [3.8, 4) is 0 Å². The molecule has 0 aliphatic heterocycles. The SMILES string of the molecule is COC(=O)Nc1ccc(C(C)C)c(NC(=O)c2c[nH]c3ccccc3c2=O)c1. The molecule has 0 spiro atoms. The van der Waals surface area contributed by atoms with Crippen LogP contribution in [0.3, 0.4) is 0 Å². The fourth-order valence-electron chi connectivity index (χ4n) is 2.94. The molecule has 0 bridgehead atoms. The Hall–Kier alpha value is -3.61. The monoisotopic (exact) mass is 379 g/mol. The van der Waals surface area contributed by atoms with Crippen LogP contribution < -0.4 is 16.1 Å². The number of rotatable bonds is 4. The van der Waals surface area contributed by atoms with E-state index in [0.29, 0.717) is 22.3 Å². The molecule has 0 aliphatic carbocycles. The van der Waals surface area contributed by atoms with Gasteiger partial charge in [0.25, 0.3) is 5.91 Å². The average Bonchev–Trinajstić information content (AvgIpc) is 2.68. The minimum atomic E-state index is -0.611. The maximum absolute atomic E-state index is 12.8. The van der Waals surface area contributed by atoms with Crippen molar-refractivity contribution in [1.29, 1.82) is 0 Å². The van der Waals surface area contributed by atoms with Gasteiger partial charge in [0.15, 0.2) is 0 Å². The number of carbonyl (C=O) groups excluding carboxylic acids is 2. The maximum Gasteiger partial charge on any atom is 0.411 e. The van der Waals surface area contributed by atoms with Crippen LogP contribution in [0.4, 0.5) is 16.2 Å². The maximum atomic E-state index is 12.8. The fourth-order valence-corrected chi connectivity index (χ4v) is 2.94. The first-order chi connectivity index (χ1) is 13.4. The van der Waals surface area contributed by atoms with Gasteiger partial charge in [-0.1, -0.05) is 32.0 Å². The smallest absolute Gasteiger partial charge is 0.411 e. The van der Waals surface area contributed by atoms with E-state index >= 15 is 0 Å². The van der Waals surface area contributed by atoms with Crippen molar-refractivity contribution in [2.24, 2.45) is 0 Å². The topological polar surface area (TPSA) is 100 Å². The van der Waals surface area contributed by atoms with Crippen LogP contribution in [-0.4, -0.2) is 24.1 Å². The first-order valence-electron chi connectivity index (χ1n) is 8.81. The number of nitrogens with one attached hydrogen (secondary N) is 3. The predicted molar refractivity (Wildman–Crippen MR) is 109 cm³/mol. The first-order valence-corrected chi connectivity index (χ1v) is 8.81. The van der Waals surface area contributed by atoms with Crippen molar-refractivity contribution in [2.75, 3.05) is 17.7 Å². The van der Waals surface area contributed by atoms with E-state index in [2.05, 4.69) is 20.4 Å². The van der Waals surface area contributed by atoms with Gasteiger partial charge in [-0.05, 0) is 35.7 Å². The third-order valence-corrected chi connectivity index (χ3v) is 4.39. The molecule has 7 nitrogen and oxygen atoms in total. The summed E-state index contributed by atoms with van der Waals surface area (Å²) in [5.41, 5.74) is 2.19. The van der Waals surface area contributed by atoms with Crippen LogP contribution in [0.2, 0.25) is 0 Å². The van der Waals surface area contributed by atoms with Crippen LogP contribution in [0.15, 0.2) is 53.5 Å². The number of aromatic nitrogens is 1. The van der Waals surface area contributed by atoms with E-state index in [1.54, 1.807) is 30.3 Å². The third-order valence-electron chi connectivity index (χ3n) is 4.39. The molecule has 0 unspecified atom stereocenters. The third kappa shape index (κ3) is 3.88. The fraction of sp³-hybridized carbons (Fsp3) is 0.190. The lowest BCUT2D eigenvalue weighted by Crippen LogP contribution is -2.22. The van der Waals surface area contributed by atoms with Crippen LogP contribution in [0.5, 0.6) is 0 Å². The summed E-state index contributed by atoms with van der Waals surface area (Å²) in [6, 6.07) is 12.2. The normalized spacial score (nSPS) is 10.7. The standard InChI is InChI=1S/C21H21N3O4/c1-12(2)14-9-8-13(23-21(27)28-3)10-18(14)24-20(26)16-11-22-17-7-5-4-6-15(17)19(16)25/h4-12H,1-3H3,(H,22,25)(H,23,27)(H,24,26). The van der Waals surface area contributed by atoms with Gasteiger partial charge in [0.1, 0.15) is 5.56 Å². The number of anilines is 2. The summed E-state index contributed by atoms with van der Waals surface area (Å²) in [5, 5.41) is 5.81. The Morgan fingerprint density at radius 1 is 1.07 bits per heavy atom. The highest BCUT2D eigenvalue weighted by atomic mass is 16.5. The highest BCUT2D eigenvalue weighted by Gasteiger charge is 2.16. The van der Waals surface area contributed by atoms with Gasteiger partial charge >= 0.3 is 6.09 Å². The predicted octanol–water partition coefficient (Wildman–Crippen LogP) is 4.08. The molecule has 0 saturated carbocycles. The molecule has 2 aromatic carbocycles. The van der Waals surface area contributed by atoms with Gasteiger partial charge in [-0.2, -0.15) is 0 Å². The molecule has 3 aromatic rings. The molecule has 1 aromatic heterocycles. The van der Waals surface area contributed by atoms with Crippen molar-refractivity contribution in [1.82, 2.24) is 4.98 Å². The van der Waals surface area contributed by atoms with Crippen LogP contribution in [0, 0.1) is 0 Å². The van der Waals surface area contributed by atoms with E-state index < -0.39 is 12.0 Å². The molecule has 2 amide bonds. The Morgan fingerprint density at radius 3 is 2.54 bits per heavy atom. The summed E-state index contributed by atoms with van der Waals surface area (Å²) in [7, 11) is 1.27. The van der Waals surface area contributed by atoms with Crippen molar-refractivity contribution in [3.63, 3.8) is 0 Å². The number of carbonyl (C=O) groups is 2. The van der Waals surface area contributed by atoms with Gasteiger partial charge in [0, 0.05) is 28.5 Å². The number of hydrogen-bond acceptors (Lipinski definition) is 4. The number of fused-ring (bicyclic) bond motifs is 1. The van der Waals surface area contributed by atoms with Crippen LogP contribution in [0.25, 0.3) is 10.9 Å². The number of benzene rings is 2. The number of ether oxygens (including phenoxy) is 1. The number of H-pyrrole nitrogens is 1. The number of aromatic amines is 1. The van der Waals surface area contributed by atoms with E-state index in [-0.39, 0.29) is 16.9 Å². The molecule has 0 fully saturated rings. The van der Waals surface area contributed by atoms with Crippen molar-refractivity contribution < 1.29 is 14.3 Å². The molecular weight excluding hydrogens is 358 g/mol. The van der Waals surface area contributed by atoms with Gasteiger partial charge in [-0.3, -0.25) is 14.9 Å². The van der Waals surface area contributed by atoms with E-state index in [9.17, 15) is 14.4 Å². The Balaban J connectivity index is 1.97. The summed E-state index contributed by atoms with van der Waals surface area (Å²) < 4.78 is 4.60. The average molecular weight is 379 g/mol. The van der Waals surface area contributed by atoms with E-state index in [1.165, 1.54) is 13.3 Å². The van der Waals surface area contributed by atoms with Crippen molar-refractivity contribution >= 4 is 34.3 Å². The van der Waals surface area contributed by atoms with E-state index in [1.807, 2.05) is 26.0 Å².